The lowest BCUT2D eigenvalue weighted by Crippen LogP contribution is -2.14. The molecule has 0 unspecified atom stereocenters. The van der Waals surface area contributed by atoms with Gasteiger partial charge < -0.3 is 5.32 Å². The van der Waals surface area contributed by atoms with Crippen LogP contribution in [0.1, 0.15) is 16.7 Å². The van der Waals surface area contributed by atoms with Crippen LogP contribution < -0.4 is 5.32 Å². The fraction of sp³-hybridized carbons (Fsp3) is 0.120. The zero-order valence-electron chi connectivity index (χ0n) is 16.7. The molecule has 0 saturated carbocycles. The summed E-state index contributed by atoms with van der Waals surface area (Å²) < 4.78 is 0. The van der Waals surface area contributed by atoms with Gasteiger partial charge in [0.1, 0.15) is 0 Å². The van der Waals surface area contributed by atoms with E-state index in [0.29, 0.717) is 11.6 Å². The number of nitrogens with zero attached hydrogens (tertiary/aromatic N) is 1. The molecular weight excluding hydrogens is 408 g/mol. The number of amides is 1. The zero-order chi connectivity index (χ0) is 20.8. The monoisotopic (exact) mass is 430 g/mol. The topological polar surface area (TPSA) is 42.0 Å². The molecule has 0 aliphatic rings. The average molecular weight is 431 g/mol. The Labute approximate surface area is 185 Å². The molecule has 0 atom stereocenters. The van der Waals surface area contributed by atoms with Crippen LogP contribution in [0.4, 0.5) is 5.13 Å². The van der Waals surface area contributed by atoms with E-state index in [1.54, 1.807) is 11.8 Å². The highest BCUT2D eigenvalue weighted by Gasteiger charge is 2.09. The molecule has 30 heavy (non-hydrogen) atoms. The molecule has 4 aromatic rings. The maximum atomic E-state index is 12.4. The summed E-state index contributed by atoms with van der Waals surface area (Å²) in [5.41, 5.74) is 5.49. The average Bonchev–Trinajstić information content (AvgIpc) is 3.24. The highest BCUT2D eigenvalue weighted by atomic mass is 32.2. The van der Waals surface area contributed by atoms with Gasteiger partial charge in [-0.25, -0.2) is 4.98 Å². The Morgan fingerprint density at radius 1 is 0.900 bits per heavy atom. The molecule has 1 aromatic heterocycles. The minimum atomic E-state index is -0.0500. The van der Waals surface area contributed by atoms with Crippen LogP contribution in [0.3, 0.4) is 0 Å². The summed E-state index contributed by atoms with van der Waals surface area (Å²) in [4.78, 5) is 18.1. The number of aromatic nitrogens is 1. The molecule has 0 bridgehead atoms. The van der Waals surface area contributed by atoms with E-state index in [2.05, 4.69) is 58.8 Å². The number of anilines is 1. The van der Waals surface area contributed by atoms with Crippen LogP contribution in [-0.4, -0.2) is 17.1 Å². The molecule has 4 rings (SSSR count). The summed E-state index contributed by atoms with van der Waals surface area (Å²) in [6, 6.07) is 27.0. The molecule has 0 spiro atoms. The van der Waals surface area contributed by atoms with Crippen LogP contribution in [0.15, 0.2) is 89.1 Å². The van der Waals surface area contributed by atoms with E-state index in [4.69, 9.17) is 0 Å². The fourth-order valence-corrected chi connectivity index (χ4v) is 4.33. The molecule has 150 valence electrons. The van der Waals surface area contributed by atoms with E-state index in [-0.39, 0.29) is 5.91 Å². The van der Waals surface area contributed by atoms with Gasteiger partial charge in [-0.1, -0.05) is 66.7 Å². The van der Waals surface area contributed by atoms with E-state index >= 15 is 0 Å². The van der Waals surface area contributed by atoms with Crippen LogP contribution >= 0.6 is 23.1 Å². The summed E-state index contributed by atoms with van der Waals surface area (Å²) in [5.74, 6) is -0.0500. The largest absolute Gasteiger partial charge is 0.302 e. The maximum Gasteiger partial charge on any atom is 0.230 e. The Balaban J connectivity index is 1.36. The number of rotatable bonds is 7. The first-order valence-corrected chi connectivity index (χ1v) is 11.8. The molecule has 3 nitrogen and oxygen atoms in total. The van der Waals surface area contributed by atoms with Gasteiger partial charge in [0.05, 0.1) is 12.1 Å². The van der Waals surface area contributed by atoms with Gasteiger partial charge in [-0.05, 0) is 41.5 Å². The van der Waals surface area contributed by atoms with Crippen molar-refractivity contribution >= 4 is 34.1 Å². The lowest BCUT2D eigenvalue weighted by atomic mass is 10.0. The first kappa shape index (κ1) is 20.4. The molecule has 3 aromatic carbocycles. The van der Waals surface area contributed by atoms with Crippen molar-refractivity contribution in [1.29, 1.82) is 0 Å². The molecule has 0 radical (unpaired) electrons. The summed E-state index contributed by atoms with van der Waals surface area (Å²) in [7, 11) is 0. The zero-order valence-corrected chi connectivity index (χ0v) is 18.3. The third kappa shape index (κ3) is 5.38. The molecule has 0 aliphatic carbocycles. The maximum absolute atomic E-state index is 12.4. The standard InChI is InChI=1S/C25H22N2OS2/c1-29-22-13-9-20(10-14-22)16-24(28)27-25-26-23(17-30-25)21-11-7-19(8-12-21)15-18-5-3-2-4-6-18/h2-14,17H,15-16H2,1H3,(H,26,27,28). The highest BCUT2D eigenvalue weighted by molar-refractivity contribution is 7.98. The second kappa shape index (κ2) is 9.74. The minimum absolute atomic E-state index is 0.0500. The lowest BCUT2D eigenvalue weighted by Gasteiger charge is -2.04. The van der Waals surface area contributed by atoms with Crippen molar-refractivity contribution < 1.29 is 4.79 Å². The van der Waals surface area contributed by atoms with Crippen molar-refractivity contribution in [1.82, 2.24) is 4.98 Å². The Kier molecular flexibility index (Phi) is 6.62. The van der Waals surface area contributed by atoms with Crippen LogP contribution in [0.2, 0.25) is 0 Å². The van der Waals surface area contributed by atoms with Gasteiger partial charge in [0.2, 0.25) is 5.91 Å². The van der Waals surface area contributed by atoms with Gasteiger partial charge in [0, 0.05) is 15.8 Å². The number of hydrogen-bond acceptors (Lipinski definition) is 4. The van der Waals surface area contributed by atoms with Crippen LogP contribution in [0.5, 0.6) is 0 Å². The summed E-state index contributed by atoms with van der Waals surface area (Å²) >= 11 is 3.14. The molecule has 1 amide bonds. The van der Waals surface area contributed by atoms with Crippen molar-refractivity contribution in [2.75, 3.05) is 11.6 Å². The van der Waals surface area contributed by atoms with Crippen molar-refractivity contribution in [3.63, 3.8) is 0 Å². The van der Waals surface area contributed by atoms with E-state index in [1.807, 2.05) is 42.0 Å². The Morgan fingerprint density at radius 3 is 2.27 bits per heavy atom. The number of benzene rings is 3. The van der Waals surface area contributed by atoms with Gasteiger partial charge in [-0.2, -0.15) is 0 Å². The number of carbonyl (C=O) groups excluding carboxylic acids is 1. The smallest absolute Gasteiger partial charge is 0.230 e. The van der Waals surface area contributed by atoms with Crippen molar-refractivity contribution in [2.24, 2.45) is 0 Å². The van der Waals surface area contributed by atoms with Crippen LogP contribution in [0.25, 0.3) is 11.3 Å². The van der Waals surface area contributed by atoms with Crippen molar-refractivity contribution in [3.8, 4) is 11.3 Å². The summed E-state index contributed by atoms with van der Waals surface area (Å²) in [6.07, 6.45) is 3.30. The number of thioether (sulfide) groups is 1. The molecule has 0 fully saturated rings. The highest BCUT2D eigenvalue weighted by Crippen LogP contribution is 2.26. The number of carbonyl (C=O) groups is 1. The number of thiazole rings is 1. The van der Waals surface area contributed by atoms with Crippen LogP contribution in [-0.2, 0) is 17.6 Å². The van der Waals surface area contributed by atoms with E-state index < -0.39 is 0 Å². The van der Waals surface area contributed by atoms with Gasteiger partial charge in [-0.3, -0.25) is 4.79 Å². The Morgan fingerprint density at radius 2 is 1.57 bits per heavy atom. The molecule has 1 heterocycles. The Bertz CT molecular complexity index is 1100. The quantitative estimate of drug-likeness (QED) is 0.350. The molecule has 0 aliphatic heterocycles. The predicted molar refractivity (Wildman–Crippen MR) is 127 cm³/mol. The third-order valence-corrected chi connectivity index (χ3v) is 6.28. The van der Waals surface area contributed by atoms with E-state index in [9.17, 15) is 4.79 Å². The van der Waals surface area contributed by atoms with Gasteiger partial charge in [-0.15, -0.1) is 23.1 Å². The van der Waals surface area contributed by atoms with Crippen molar-refractivity contribution in [3.05, 3.63) is 101 Å². The summed E-state index contributed by atoms with van der Waals surface area (Å²) in [5, 5.41) is 5.53. The first-order chi connectivity index (χ1) is 14.7. The first-order valence-electron chi connectivity index (χ1n) is 9.71. The SMILES string of the molecule is CSc1ccc(CC(=O)Nc2nc(-c3ccc(Cc4ccccc4)cc3)cs2)cc1. The van der Waals surface area contributed by atoms with Gasteiger partial charge >= 0.3 is 0 Å². The second-order valence-electron chi connectivity index (χ2n) is 6.97. The third-order valence-electron chi connectivity index (χ3n) is 4.78. The molecule has 0 saturated heterocycles. The number of hydrogen-bond donors (Lipinski definition) is 1. The Hall–Kier alpha value is -2.89. The van der Waals surface area contributed by atoms with Gasteiger partial charge in [0.25, 0.3) is 0 Å². The minimum Gasteiger partial charge on any atom is -0.302 e. The van der Waals surface area contributed by atoms with E-state index in [1.165, 1.54) is 27.4 Å². The number of nitrogens with one attached hydrogen (secondary N) is 1. The van der Waals surface area contributed by atoms with Gasteiger partial charge in [0.15, 0.2) is 5.13 Å². The normalized spacial score (nSPS) is 10.7. The van der Waals surface area contributed by atoms with Crippen molar-refractivity contribution in [2.45, 2.75) is 17.7 Å². The predicted octanol–water partition coefficient (Wildman–Crippen LogP) is 6.30. The fourth-order valence-electron chi connectivity index (χ4n) is 3.18. The lowest BCUT2D eigenvalue weighted by molar-refractivity contribution is -0.115. The summed E-state index contributed by atoms with van der Waals surface area (Å²) in [6.45, 7) is 0. The molecule has 5 heteroatoms. The van der Waals surface area contributed by atoms with Crippen LogP contribution in [0, 0.1) is 0 Å². The van der Waals surface area contributed by atoms with E-state index in [0.717, 1.165) is 23.2 Å². The molecule has 1 N–H and O–H groups in total. The second-order valence-corrected chi connectivity index (χ2v) is 8.71. The molecular formula is C25H22N2OS2.